The fraction of sp³-hybridized carbons (Fsp3) is 0.417. The molecule has 0 N–H and O–H groups in total. The number of hydrogen-bond acceptors (Lipinski definition) is 4. The Balaban J connectivity index is 1.52. The monoisotopic (exact) mass is 417 g/mol. The van der Waals surface area contributed by atoms with E-state index in [1.54, 1.807) is 0 Å². The van der Waals surface area contributed by atoms with E-state index in [1.165, 1.54) is 26.6 Å². The van der Waals surface area contributed by atoms with Crippen LogP contribution in [-0.4, -0.2) is 24.6 Å². The fourth-order valence-electron chi connectivity index (χ4n) is 5.24. The number of hydrogen-bond donors (Lipinski definition) is 0. The Labute approximate surface area is 181 Å². The van der Waals surface area contributed by atoms with Gasteiger partial charge in [-0.1, -0.05) is 32.1 Å². The van der Waals surface area contributed by atoms with E-state index in [4.69, 9.17) is 6.57 Å². The molecule has 1 fully saturated rings. The Morgan fingerprint density at radius 3 is 2.48 bits per heavy atom. The van der Waals surface area contributed by atoms with E-state index < -0.39 is 0 Å². The number of benzene rings is 1. The highest BCUT2D eigenvalue weighted by Gasteiger charge is 2.53. The number of thioether (sulfide) groups is 2. The molecule has 2 aliphatic heterocycles. The summed E-state index contributed by atoms with van der Waals surface area (Å²) in [7, 11) is 0. The molecular weight excluding hydrogens is 394 g/mol. The summed E-state index contributed by atoms with van der Waals surface area (Å²) in [6, 6.07) is 6.77. The Bertz CT molecular complexity index is 1020. The first-order valence-electron chi connectivity index (χ1n) is 10.1. The van der Waals surface area contributed by atoms with Crippen LogP contribution in [0.25, 0.3) is 10.9 Å². The second kappa shape index (κ2) is 7.01. The topological polar surface area (TPSA) is 31.4 Å². The zero-order chi connectivity index (χ0) is 20.2. The molecule has 3 aliphatic carbocycles. The molecule has 0 amide bonds. The lowest BCUT2D eigenvalue weighted by Gasteiger charge is -2.57. The Morgan fingerprint density at radius 1 is 1.21 bits per heavy atom. The summed E-state index contributed by atoms with van der Waals surface area (Å²) >= 11 is 3.94. The van der Waals surface area contributed by atoms with Crippen molar-refractivity contribution in [3.05, 3.63) is 58.1 Å². The molecule has 2 atom stereocenters. The van der Waals surface area contributed by atoms with Crippen LogP contribution in [0.1, 0.15) is 25.8 Å². The van der Waals surface area contributed by atoms with Gasteiger partial charge in [0, 0.05) is 34.4 Å². The maximum Gasteiger partial charge on any atom is 0.265 e. The van der Waals surface area contributed by atoms with Crippen LogP contribution in [-0.2, 0) is 0 Å². The summed E-state index contributed by atoms with van der Waals surface area (Å²) in [5.41, 5.74) is 5.27. The third-order valence-electron chi connectivity index (χ3n) is 6.94. The maximum absolute atomic E-state index is 9.40. The highest BCUT2D eigenvalue weighted by Crippen LogP contribution is 2.62. The first kappa shape index (κ1) is 18.9. The summed E-state index contributed by atoms with van der Waals surface area (Å²) in [5, 5.41) is 9.40. The largest absolute Gasteiger partial charge is 0.368 e. The number of allylic oxidation sites excluding steroid dienone is 5. The molecule has 0 aromatic heterocycles. The highest BCUT2D eigenvalue weighted by molar-refractivity contribution is 8.00. The number of rotatable bonds is 2. The van der Waals surface area contributed by atoms with E-state index in [1.807, 2.05) is 23.5 Å². The Kier molecular flexibility index (Phi) is 4.57. The standard InChI is InChI=1S/C24H23N3S2/c1-24(2)18-13-19(24)17(20(14-25)26-3)12-16(18)5-4-15-10-21-23-22(11-15)29-9-7-27(23)6-8-28-21/h4-5,10-12,18-19H,6-9,13H2,1-2H3/b5-4+,20-17-. The van der Waals surface area contributed by atoms with E-state index in [-0.39, 0.29) is 11.1 Å². The predicted octanol–water partition coefficient (Wildman–Crippen LogP) is 6.02. The molecule has 3 nitrogen and oxygen atoms in total. The quantitative estimate of drug-likeness (QED) is 0.435. The molecule has 0 saturated heterocycles. The molecule has 5 heteroatoms. The number of nitrogens with zero attached hydrogens (tertiary/aromatic N) is 3. The smallest absolute Gasteiger partial charge is 0.265 e. The van der Waals surface area contributed by atoms with Gasteiger partial charge < -0.3 is 4.90 Å². The molecule has 5 aliphatic rings. The van der Waals surface area contributed by atoms with Gasteiger partial charge in [-0.15, -0.1) is 23.5 Å². The van der Waals surface area contributed by atoms with Gasteiger partial charge in [0.15, 0.2) is 0 Å². The summed E-state index contributed by atoms with van der Waals surface area (Å²) in [6.07, 6.45) is 7.63. The first-order valence-corrected chi connectivity index (χ1v) is 12.1. The molecule has 0 spiro atoms. The lowest BCUT2D eigenvalue weighted by Crippen LogP contribution is -2.49. The Hall–Kier alpha value is -2.08. The van der Waals surface area contributed by atoms with Crippen LogP contribution < -0.4 is 4.90 Å². The van der Waals surface area contributed by atoms with E-state index >= 15 is 0 Å². The van der Waals surface area contributed by atoms with Crippen molar-refractivity contribution < 1.29 is 0 Å². The van der Waals surface area contributed by atoms with Crippen LogP contribution in [0.4, 0.5) is 5.69 Å². The van der Waals surface area contributed by atoms with Crippen molar-refractivity contribution in [2.45, 2.75) is 30.1 Å². The molecule has 1 aromatic rings. The van der Waals surface area contributed by atoms with Crippen LogP contribution >= 0.6 is 23.5 Å². The van der Waals surface area contributed by atoms with Crippen molar-refractivity contribution in [1.82, 2.24) is 0 Å². The van der Waals surface area contributed by atoms with E-state index in [9.17, 15) is 5.26 Å². The van der Waals surface area contributed by atoms with Gasteiger partial charge in [0.25, 0.3) is 5.70 Å². The van der Waals surface area contributed by atoms with E-state index in [2.05, 4.69) is 60.0 Å². The first-order chi connectivity index (χ1) is 14.0. The van der Waals surface area contributed by atoms with Crippen molar-refractivity contribution in [2.75, 3.05) is 29.5 Å². The zero-order valence-corrected chi connectivity index (χ0v) is 18.4. The average molecular weight is 418 g/mol. The Morgan fingerprint density at radius 2 is 1.90 bits per heavy atom. The fourth-order valence-corrected chi connectivity index (χ4v) is 7.56. The minimum atomic E-state index is 0.116. The van der Waals surface area contributed by atoms with Crippen LogP contribution in [0.5, 0.6) is 0 Å². The molecule has 29 heavy (non-hydrogen) atoms. The predicted molar refractivity (Wildman–Crippen MR) is 122 cm³/mol. The number of nitriles is 1. The van der Waals surface area contributed by atoms with Crippen molar-refractivity contribution in [3.63, 3.8) is 0 Å². The van der Waals surface area contributed by atoms with Gasteiger partial charge in [-0.2, -0.15) is 0 Å². The van der Waals surface area contributed by atoms with Gasteiger partial charge >= 0.3 is 0 Å². The van der Waals surface area contributed by atoms with Gasteiger partial charge in [0.05, 0.1) is 18.3 Å². The van der Waals surface area contributed by atoms with E-state index in [0.717, 1.165) is 36.6 Å². The molecule has 1 aromatic carbocycles. The molecule has 2 unspecified atom stereocenters. The minimum Gasteiger partial charge on any atom is -0.368 e. The van der Waals surface area contributed by atoms with Crippen molar-refractivity contribution in [2.24, 2.45) is 17.3 Å². The lowest BCUT2D eigenvalue weighted by molar-refractivity contribution is 0.0261. The minimum absolute atomic E-state index is 0.116. The third-order valence-corrected chi connectivity index (χ3v) is 8.96. The van der Waals surface area contributed by atoms with Crippen LogP contribution in [0.2, 0.25) is 0 Å². The lowest BCUT2D eigenvalue weighted by atomic mass is 9.47. The summed E-state index contributed by atoms with van der Waals surface area (Å²) in [6.45, 7) is 14.2. The molecule has 1 saturated carbocycles. The molecule has 2 heterocycles. The van der Waals surface area contributed by atoms with Gasteiger partial charge in [-0.3, -0.25) is 0 Å². The average Bonchev–Trinajstić information content (AvgIpc) is 2.73. The number of fused-ring (bicyclic) bond motifs is 1. The van der Waals surface area contributed by atoms with Crippen molar-refractivity contribution in [3.8, 4) is 6.07 Å². The SMILES string of the molecule is [C-]#[N+]/C(C#N)=C1C=C(/C=C/c2cc3c4c(c2)SCCN4CCS3)C2CC/1C2(C)C. The van der Waals surface area contributed by atoms with Gasteiger partial charge in [0.1, 0.15) is 0 Å². The van der Waals surface area contributed by atoms with Crippen LogP contribution in [0.15, 0.2) is 50.9 Å². The summed E-state index contributed by atoms with van der Waals surface area (Å²) < 4.78 is 0. The highest BCUT2D eigenvalue weighted by atomic mass is 32.2. The molecule has 6 rings (SSSR count). The van der Waals surface area contributed by atoms with Crippen molar-refractivity contribution >= 4 is 35.3 Å². The zero-order valence-electron chi connectivity index (χ0n) is 16.7. The molecular formula is C24H23N3S2. The summed E-state index contributed by atoms with van der Waals surface area (Å²) in [5.74, 6) is 3.16. The molecule has 0 radical (unpaired) electrons. The number of anilines is 1. The molecule has 146 valence electrons. The molecule has 2 bridgehead atoms. The van der Waals surface area contributed by atoms with Crippen molar-refractivity contribution in [1.29, 1.82) is 5.26 Å². The second-order valence-electron chi connectivity index (χ2n) is 8.72. The normalized spacial score (nSPS) is 28.0. The van der Waals surface area contributed by atoms with Gasteiger partial charge in [-0.25, -0.2) is 10.1 Å². The van der Waals surface area contributed by atoms with Gasteiger partial charge in [0.2, 0.25) is 0 Å². The van der Waals surface area contributed by atoms with E-state index in [0.29, 0.717) is 11.8 Å². The summed E-state index contributed by atoms with van der Waals surface area (Å²) in [4.78, 5) is 8.85. The maximum atomic E-state index is 9.40. The van der Waals surface area contributed by atoms with Gasteiger partial charge in [-0.05, 0) is 52.5 Å². The third kappa shape index (κ3) is 2.95. The van der Waals surface area contributed by atoms with Crippen LogP contribution in [0.3, 0.4) is 0 Å². The second-order valence-corrected chi connectivity index (χ2v) is 11.0. The van der Waals surface area contributed by atoms with Crippen LogP contribution in [0, 0.1) is 35.2 Å².